The number of likely N-dealkylation sites (N-methyl/N-ethyl adjacent to an activating group) is 1. The standard InChI is InChI=1S/C12H22N2O/c1-10(2)12(4)13-9-11(3)14(5)7-8-15-6/h9-10H,3-4,7-8H2,1-2,5-6H3. The van der Waals surface area contributed by atoms with Crippen LogP contribution in [0.1, 0.15) is 13.8 Å². The average molecular weight is 210 g/mol. The number of methoxy groups -OCH3 is 1. The second-order valence-corrected chi connectivity index (χ2v) is 3.81. The maximum absolute atomic E-state index is 4.98. The van der Waals surface area contributed by atoms with E-state index in [1.165, 1.54) is 0 Å². The number of hydrogen-bond donors (Lipinski definition) is 0. The maximum Gasteiger partial charge on any atom is 0.0637 e. The molecule has 0 aromatic heterocycles. The summed E-state index contributed by atoms with van der Waals surface area (Å²) in [4.78, 5) is 6.25. The van der Waals surface area contributed by atoms with Crippen molar-refractivity contribution in [1.29, 1.82) is 0 Å². The first-order valence-corrected chi connectivity index (χ1v) is 5.10. The second-order valence-electron chi connectivity index (χ2n) is 3.81. The molecule has 86 valence electrons. The normalized spacial score (nSPS) is 11.0. The summed E-state index contributed by atoms with van der Waals surface area (Å²) in [5.74, 6) is 0.373. The molecule has 0 aliphatic rings. The van der Waals surface area contributed by atoms with Crippen LogP contribution in [0.5, 0.6) is 0 Å². The SMILES string of the molecule is C=C(N=CC(=C)N(C)CCOC)C(C)C. The topological polar surface area (TPSA) is 24.8 Å². The van der Waals surface area contributed by atoms with Crippen LogP contribution in [0.3, 0.4) is 0 Å². The van der Waals surface area contributed by atoms with E-state index >= 15 is 0 Å². The van der Waals surface area contributed by atoms with Gasteiger partial charge in [0.05, 0.1) is 6.61 Å². The van der Waals surface area contributed by atoms with Crippen molar-refractivity contribution < 1.29 is 4.74 Å². The molecule has 0 saturated carbocycles. The minimum atomic E-state index is 0.373. The minimum absolute atomic E-state index is 0.373. The predicted molar refractivity (Wildman–Crippen MR) is 66.1 cm³/mol. The smallest absolute Gasteiger partial charge is 0.0637 e. The van der Waals surface area contributed by atoms with Gasteiger partial charge in [-0.3, -0.25) is 4.99 Å². The summed E-state index contributed by atoms with van der Waals surface area (Å²) in [6.07, 6.45) is 1.75. The molecular formula is C12H22N2O. The van der Waals surface area contributed by atoms with Crippen molar-refractivity contribution in [3.05, 3.63) is 24.6 Å². The molecule has 3 heteroatoms. The number of aliphatic imine (C=N–C) groups is 1. The molecule has 0 aromatic rings. The van der Waals surface area contributed by atoms with Crippen molar-refractivity contribution in [2.45, 2.75) is 13.8 Å². The molecular weight excluding hydrogens is 188 g/mol. The summed E-state index contributed by atoms with van der Waals surface area (Å²) < 4.78 is 4.98. The third-order valence-corrected chi connectivity index (χ3v) is 2.17. The third kappa shape index (κ3) is 6.07. The number of allylic oxidation sites excluding steroid dienone is 2. The Kier molecular flexibility index (Phi) is 6.71. The Morgan fingerprint density at radius 2 is 2.07 bits per heavy atom. The van der Waals surface area contributed by atoms with Crippen LogP contribution in [0.15, 0.2) is 29.5 Å². The fraction of sp³-hybridized carbons (Fsp3) is 0.583. The van der Waals surface area contributed by atoms with E-state index in [2.05, 4.69) is 32.0 Å². The number of hydrogen-bond acceptors (Lipinski definition) is 3. The molecule has 0 saturated heterocycles. The molecule has 0 aromatic carbocycles. The van der Waals surface area contributed by atoms with E-state index in [1.54, 1.807) is 13.3 Å². The minimum Gasteiger partial charge on any atom is -0.383 e. The molecule has 0 amide bonds. The Morgan fingerprint density at radius 1 is 1.47 bits per heavy atom. The molecule has 3 nitrogen and oxygen atoms in total. The van der Waals surface area contributed by atoms with Gasteiger partial charge < -0.3 is 9.64 Å². The van der Waals surface area contributed by atoms with E-state index in [-0.39, 0.29) is 0 Å². The van der Waals surface area contributed by atoms with E-state index in [1.807, 2.05) is 11.9 Å². The zero-order chi connectivity index (χ0) is 11.8. The van der Waals surface area contributed by atoms with E-state index < -0.39 is 0 Å². The highest BCUT2D eigenvalue weighted by atomic mass is 16.5. The van der Waals surface area contributed by atoms with Crippen LogP contribution in [-0.4, -0.2) is 38.4 Å². The first kappa shape index (κ1) is 13.9. The summed E-state index contributed by atoms with van der Waals surface area (Å²) in [5.41, 5.74) is 1.74. The molecule has 0 atom stereocenters. The largest absolute Gasteiger partial charge is 0.383 e. The highest BCUT2D eigenvalue weighted by Gasteiger charge is 2.00. The Morgan fingerprint density at radius 3 is 2.53 bits per heavy atom. The molecule has 0 spiro atoms. The lowest BCUT2D eigenvalue weighted by atomic mass is 10.2. The van der Waals surface area contributed by atoms with Crippen molar-refractivity contribution in [2.24, 2.45) is 10.9 Å². The first-order chi connectivity index (χ1) is 6.99. The van der Waals surface area contributed by atoms with Crippen LogP contribution in [0.25, 0.3) is 0 Å². The summed E-state index contributed by atoms with van der Waals surface area (Å²) >= 11 is 0. The van der Waals surface area contributed by atoms with Gasteiger partial charge >= 0.3 is 0 Å². The van der Waals surface area contributed by atoms with Gasteiger partial charge in [0.25, 0.3) is 0 Å². The maximum atomic E-state index is 4.98. The molecule has 0 radical (unpaired) electrons. The Hall–Kier alpha value is -1.09. The lowest BCUT2D eigenvalue weighted by Crippen LogP contribution is -2.22. The first-order valence-electron chi connectivity index (χ1n) is 5.10. The molecule has 0 unspecified atom stereocenters. The molecule has 0 aliphatic heterocycles. The lowest BCUT2D eigenvalue weighted by molar-refractivity contribution is 0.176. The van der Waals surface area contributed by atoms with Gasteiger partial charge in [0.1, 0.15) is 0 Å². The summed E-state index contributed by atoms with van der Waals surface area (Å²) in [6.45, 7) is 13.4. The van der Waals surface area contributed by atoms with Crippen molar-refractivity contribution >= 4 is 6.21 Å². The van der Waals surface area contributed by atoms with Gasteiger partial charge in [-0.15, -0.1) is 0 Å². The van der Waals surface area contributed by atoms with Crippen LogP contribution in [0.2, 0.25) is 0 Å². The number of rotatable bonds is 7. The van der Waals surface area contributed by atoms with Gasteiger partial charge in [0.2, 0.25) is 0 Å². The molecule has 0 rings (SSSR count). The van der Waals surface area contributed by atoms with Gasteiger partial charge in [-0.05, 0) is 5.92 Å². The van der Waals surface area contributed by atoms with E-state index in [9.17, 15) is 0 Å². The quantitative estimate of drug-likeness (QED) is 0.602. The fourth-order valence-electron chi connectivity index (χ4n) is 0.777. The highest BCUT2D eigenvalue weighted by molar-refractivity contribution is 5.77. The zero-order valence-corrected chi connectivity index (χ0v) is 10.3. The Labute approximate surface area is 93.1 Å². The van der Waals surface area contributed by atoms with E-state index in [0.29, 0.717) is 12.5 Å². The van der Waals surface area contributed by atoms with Crippen molar-refractivity contribution in [1.82, 2.24) is 4.90 Å². The van der Waals surface area contributed by atoms with Crippen molar-refractivity contribution in [3.63, 3.8) is 0 Å². The molecule has 15 heavy (non-hydrogen) atoms. The van der Waals surface area contributed by atoms with Gasteiger partial charge in [-0.2, -0.15) is 0 Å². The van der Waals surface area contributed by atoms with Crippen LogP contribution in [0, 0.1) is 5.92 Å². The monoisotopic (exact) mass is 210 g/mol. The molecule has 0 heterocycles. The summed E-state index contributed by atoms with van der Waals surface area (Å²) in [5, 5.41) is 0. The molecule has 0 bridgehead atoms. The fourth-order valence-corrected chi connectivity index (χ4v) is 0.777. The van der Waals surface area contributed by atoms with Crippen molar-refractivity contribution in [3.8, 4) is 0 Å². The Bertz CT molecular complexity index is 244. The van der Waals surface area contributed by atoms with Gasteiger partial charge in [0.15, 0.2) is 0 Å². The lowest BCUT2D eigenvalue weighted by Gasteiger charge is -2.18. The van der Waals surface area contributed by atoms with Crippen LogP contribution in [-0.2, 0) is 4.74 Å². The predicted octanol–water partition coefficient (Wildman–Crippen LogP) is 2.32. The zero-order valence-electron chi connectivity index (χ0n) is 10.3. The van der Waals surface area contributed by atoms with E-state index in [4.69, 9.17) is 4.74 Å². The molecule has 0 N–H and O–H groups in total. The van der Waals surface area contributed by atoms with Gasteiger partial charge in [0, 0.05) is 38.3 Å². The number of ether oxygens (including phenoxy) is 1. The van der Waals surface area contributed by atoms with Gasteiger partial charge in [-0.1, -0.05) is 27.0 Å². The van der Waals surface area contributed by atoms with Crippen LogP contribution < -0.4 is 0 Å². The Balaban J connectivity index is 4.06. The molecule has 0 fully saturated rings. The van der Waals surface area contributed by atoms with E-state index in [0.717, 1.165) is 17.9 Å². The molecule has 0 aliphatic carbocycles. The summed E-state index contributed by atoms with van der Waals surface area (Å²) in [7, 11) is 3.65. The third-order valence-electron chi connectivity index (χ3n) is 2.17. The second kappa shape index (κ2) is 7.23. The van der Waals surface area contributed by atoms with Crippen molar-refractivity contribution in [2.75, 3.05) is 27.3 Å². The number of nitrogens with zero attached hydrogens (tertiary/aromatic N) is 2. The van der Waals surface area contributed by atoms with Crippen LogP contribution in [0.4, 0.5) is 0 Å². The summed E-state index contributed by atoms with van der Waals surface area (Å²) in [6, 6.07) is 0. The highest BCUT2D eigenvalue weighted by Crippen LogP contribution is 2.07. The van der Waals surface area contributed by atoms with Gasteiger partial charge in [-0.25, -0.2) is 0 Å². The van der Waals surface area contributed by atoms with Crippen LogP contribution >= 0.6 is 0 Å². The average Bonchev–Trinajstić information content (AvgIpc) is 2.21.